The molecule has 1 aromatic heterocycles. The van der Waals surface area contributed by atoms with E-state index in [1.165, 1.54) is 54.6 Å². The molecule has 0 spiro atoms. The summed E-state index contributed by atoms with van der Waals surface area (Å²) >= 11 is 0. The fraction of sp³-hybridized carbons (Fsp3) is 0.130. The first-order valence-electron chi connectivity index (χ1n) is 10.4. The third-order valence-corrected chi connectivity index (χ3v) is 5.86. The number of amides is 1. The lowest BCUT2D eigenvalue weighted by atomic mass is 10.2. The van der Waals surface area contributed by atoms with Gasteiger partial charge in [0.1, 0.15) is 0 Å². The summed E-state index contributed by atoms with van der Waals surface area (Å²) in [4.78, 5) is 42.0. The van der Waals surface area contributed by atoms with Crippen LogP contribution < -0.4 is 10.0 Å². The average Bonchev–Trinajstić information content (AvgIpc) is 2.81. The lowest BCUT2D eigenvalue weighted by Crippen LogP contribution is -2.20. The van der Waals surface area contributed by atoms with E-state index < -0.39 is 33.4 Å². The van der Waals surface area contributed by atoms with Crippen LogP contribution in [0.15, 0.2) is 65.6 Å². The number of hydrogen-bond acceptors (Lipinski definition) is 9. The van der Waals surface area contributed by atoms with Crippen LogP contribution in [0.3, 0.4) is 0 Å². The summed E-state index contributed by atoms with van der Waals surface area (Å²) in [5, 5.41) is 13.1. The van der Waals surface area contributed by atoms with Crippen molar-refractivity contribution < 1.29 is 27.7 Å². The third-order valence-electron chi connectivity index (χ3n) is 4.52. The molecule has 36 heavy (non-hydrogen) atoms. The molecule has 186 valence electrons. The van der Waals surface area contributed by atoms with Gasteiger partial charge in [0.2, 0.25) is 5.95 Å². The van der Waals surface area contributed by atoms with Gasteiger partial charge in [-0.05, 0) is 68.0 Å². The first kappa shape index (κ1) is 26.0. The van der Waals surface area contributed by atoms with Crippen molar-refractivity contribution in [3.05, 3.63) is 87.7 Å². The molecule has 0 saturated carbocycles. The fourth-order valence-corrected chi connectivity index (χ4v) is 3.87. The normalized spacial score (nSPS) is 11.2. The number of aromatic nitrogens is 2. The number of non-ortho nitro benzene ring substituents is 1. The van der Waals surface area contributed by atoms with Crippen molar-refractivity contribution in [2.45, 2.75) is 18.7 Å². The Balaban J connectivity index is 1.51. The zero-order valence-corrected chi connectivity index (χ0v) is 20.0. The second-order valence-electron chi connectivity index (χ2n) is 7.44. The minimum Gasteiger partial charge on any atom is -0.452 e. The molecule has 13 heteroatoms. The molecule has 2 aromatic carbocycles. The van der Waals surface area contributed by atoms with Crippen LogP contribution in [0.25, 0.3) is 6.08 Å². The lowest BCUT2D eigenvalue weighted by molar-refractivity contribution is -0.384. The minimum atomic E-state index is -3.95. The van der Waals surface area contributed by atoms with Gasteiger partial charge in [0, 0.05) is 35.3 Å². The van der Waals surface area contributed by atoms with Gasteiger partial charge in [-0.1, -0.05) is 0 Å². The van der Waals surface area contributed by atoms with Crippen molar-refractivity contribution in [2.24, 2.45) is 0 Å². The van der Waals surface area contributed by atoms with Gasteiger partial charge in [0.05, 0.1) is 9.82 Å². The molecule has 1 amide bonds. The van der Waals surface area contributed by atoms with E-state index in [0.717, 1.165) is 6.08 Å². The number of nitrogens with zero attached hydrogens (tertiary/aromatic N) is 3. The summed E-state index contributed by atoms with van der Waals surface area (Å²) in [6.45, 7) is 2.86. The Kier molecular flexibility index (Phi) is 8.07. The number of nitro benzene ring substituents is 1. The molecule has 0 atom stereocenters. The summed E-state index contributed by atoms with van der Waals surface area (Å²) in [7, 11) is -3.95. The fourth-order valence-electron chi connectivity index (χ4n) is 2.92. The van der Waals surface area contributed by atoms with Crippen molar-refractivity contribution in [3.63, 3.8) is 0 Å². The molecule has 1 heterocycles. The maximum absolute atomic E-state index is 12.6. The van der Waals surface area contributed by atoms with E-state index >= 15 is 0 Å². The van der Waals surface area contributed by atoms with Crippen molar-refractivity contribution in [3.8, 4) is 0 Å². The number of aryl methyl sites for hydroxylation is 2. The van der Waals surface area contributed by atoms with Gasteiger partial charge in [0.25, 0.3) is 21.6 Å². The SMILES string of the molecule is Cc1cc(C)nc(NS(=O)(=O)c2ccc(NC(=O)COC(=O)/C=C/c3ccc([N+](=O)[O-])cc3)cc2)n1. The van der Waals surface area contributed by atoms with Crippen LogP contribution in [-0.2, 0) is 24.3 Å². The summed E-state index contributed by atoms with van der Waals surface area (Å²) in [6.07, 6.45) is 2.47. The van der Waals surface area contributed by atoms with Crippen LogP contribution in [0.1, 0.15) is 17.0 Å². The van der Waals surface area contributed by atoms with E-state index in [1.807, 2.05) is 0 Å². The van der Waals surface area contributed by atoms with Crippen molar-refractivity contribution in [2.75, 3.05) is 16.6 Å². The highest BCUT2D eigenvalue weighted by Crippen LogP contribution is 2.17. The van der Waals surface area contributed by atoms with Crippen LogP contribution in [0, 0.1) is 24.0 Å². The van der Waals surface area contributed by atoms with E-state index in [2.05, 4.69) is 20.0 Å². The number of nitrogens with one attached hydrogen (secondary N) is 2. The van der Waals surface area contributed by atoms with Crippen LogP contribution >= 0.6 is 0 Å². The number of benzene rings is 2. The molecule has 0 unspecified atom stereocenters. The molecule has 0 aliphatic heterocycles. The zero-order chi connectivity index (χ0) is 26.3. The van der Waals surface area contributed by atoms with Crippen molar-refractivity contribution in [1.29, 1.82) is 0 Å². The van der Waals surface area contributed by atoms with Gasteiger partial charge < -0.3 is 10.1 Å². The summed E-state index contributed by atoms with van der Waals surface area (Å²) in [5.41, 5.74) is 1.97. The van der Waals surface area contributed by atoms with Gasteiger partial charge in [-0.15, -0.1) is 0 Å². The van der Waals surface area contributed by atoms with Gasteiger partial charge in [-0.25, -0.2) is 27.9 Å². The van der Waals surface area contributed by atoms with E-state index in [9.17, 15) is 28.1 Å². The van der Waals surface area contributed by atoms with Gasteiger partial charge >= 0.3 is 5.97 Å². The second kappa shape index (κ2) is 11.2. The number of nitro groups is 1. The van der Waals surface area contributed by atoms with Gasteiger partial charge in [-0.2, -0.15) is 0 Å². The van der Waals surface area contributed by atoms with Crippen molar-refractivity contribution >= 4 is 45.3 Å². The number of rotatable bonds is 9. The highest BCUT2D eigenvalue weighted by atomic mass is 32.2. The Morgan fingerprint density at radius 1 is 1.03 bits per heavy atom. The molecule has 2 N–H and O–H groups in total. The molecule has 3 rings (SSSR count). The van der Waals surface area contributed by atoms with Crippen LogP contribution in [-0.4, -0.2) is 41.8 Å². The third kappa shape index (κ3) is 7.43. The Morgan fingerprint density at radius 3 is 2.22 bits per heavy atom. The molecule has 3 aromatic rings. The Hall–Kier alpha value is -4.65. The Morgan fingerprint density at radius 2 is 1.64 bits per heavy atom. The predicted molar refractivity (Wildman–Crippen MR) is 130 cm³/mol. The molecular formula is C23H21N5O7S. The highest BCUT2D eigenvalue weighted by Gasteiger charge is 2.16. The molecule has 0 radical (unpaired) electrons. The lowest BCUT2D eigenvalue weighted by Gasteiger charge is -2.09. The smallest absolute Gasteiger partial charge is 0.331 e. The van der Waals surface area contributed by atoms with Crippen LogP contribution in [0.2, 0.25) is 0 Å². The maximum atomic E-state index is 12.6. The average molecular weight is 512 g/mol. The highest BCUT2D eigenvalue weighted by molar-refractivity contribution is 7.92. The zero-order valence-electron chi connectivity index (χ0n) is 19.2. The van der Waals surface area contributed by atoms with Gasteiger partial charge in [0.15, 0.2) is 6.61 Å². The largest absolute Gasteiger partial charge is 0.452 e. The standard InChI is InChI=1S/C23H21N5O7S/c1-15-13-16(2)25-23(24-15)27-36(33,34)20-10-6-18(7-11-20)26-21(29)14-35-22(30)12-5-17-3-8-19(9-4-17)28(31)32/h3-13H,14H2,1-2H3,(H,26,29)(H,24,25,27)/b12-5+. The molecule has 0 aliphatic rings. The Labute approximate surface area is 206 Å². The number of sulfonamides is 1. The number of carbonyl (C=O) groups is 2. The van der Waals surface area contributed by atoms with Crippen LogP contribution in [0.5, 0.6) is 0 Å². The first-order chi connectivity index (χ1) is 17.0. The predicted octanol–water partition coefficient (Wildman–Crippen LogP) is 3.00. The number of hydrogen-bond donors (Lipinski definition) is 2. The van der Waals surface area contributed by atoms with E-state index in [1.54, 1.807) is 19.9 Å². The number of esters is 1. The minimum absolute atomic E-state index is 0.0469. The molecule has 0 bridgehead atoms. The topological polar surface area (TPSA) is 170 Å². The van der Waals surface area contributed by atoms with Crippen molar-refractivity contribution in [1.82, 2.24) is 9.97 Å². The summed E-state index contributed by atoms with van der Waals surface area (Å²) in [5.74, 6) is -1.47. The van der Waals surface area contributed by atoms with Gasteiger partial charge in [-0.3, -0.25) is 14.9 Å². The molecule has 0 fully saturated rings. The quantitative estimate of drug-likeness (QED) is 0.190. The number of anilines is 2. The van der Waals surface area contributed by atoms with E-state index in [4.69, 9.17) is 4.74 Å². The molecule has 12 nitrogen and oxygen atoms in total. The number of carbonyl (C=O) groups excluding carboxylic acids is 2. The van der Waals surface area contributed by atoms with E-state index in [-0.39, 0.29) is 16.5 Å². The van der Waals surface area contributed by atoms with Crippen LogP contribution in [0.4, 0.5) is 17.3 Å². The second-order valence-corrected chi connectivity index (χ2v) is 9.12. The Bertz CT molecular complexity index is 1400. The summed E-state index contributed by atoms with van der Waals surface area (Å²) in [6, 6.07) is 12.6. The molecular weight excluding hydrogens is 490 g/mol. The molecule has 0 saturated heterocycles. The first-order valence-corrected chi connectivity index (χ1v) is 11.8. The summed E-state index contributed by atoms with van der Waals surface area (Å²) < 4.78 is 32.3. The molecule has 0 aliphatic carbocycles. The van der Waals surface area contributed by atoms with E-state index in [0.29, 0.717) is 22.6 Å². The number of ether oxygens (including phenoxy) is 1. The monoisotopic (exact) mass is 511 g/mol. The maximum Gasteiger partial charge on any atom is 0.331 e.